The maximum absolute atomic E-state index is 12.5. The molecule has 1 amide bonds. The molecule has 2 rings (SSSR count). The van der Waals surface area contributed by atoms with E-state index in [1.165, 1.54) is 0 Å². The first-order valence-corrected chi connectivity index (χ1v) is 7.31. The molecule has 1 fully saturated rings. The van der Waals surface area contributed by atoms with Gasteiger partial charge in [0.05, 0.1) is 11.9 Å². The van der Waals surface area contributed by atoms with Gasteiger partial charge in [0.15, 0.2) is 0 Å². The maximum atomic E-state index is 12.5. The monoisotopic (exact) mass is 276 g/mol. The van der Waals surface area contributed by atoms with Crippen LogP contribution < -0.4 is 5.32 Å². The second-order valence-corrected chi connectivity index (χ2v) is 5.47. The fourth-order valence-corrected chi connectivity index (χ4v) is 2.48. The van der Waals surface area contributed by atoms with Crippen molar-refractivity contribution in [1.29, 1.82) is 0 Å². The number of likely N-dealkylation sites (N-methyl/N-ethyl adjacent to an activating group) is 1. The van der Waals surface area contributed by atoms with E-state index in [-0.39, 0.29) is 11.9 Å². The summed E-state index contributed by atoms with van der Waals surface area (Å²) in [5, 5.41) is 3.26. The van der Waals surface area contributed by atoms with E-state index in [1.807, 2.05) is 17.0 Å². The third kappa shape index (κ3) is 3.48. The fraction of sp³-hybridized carbons (Fsp3) is 0.600. The van der Waals surface area contributed by atoms with Crippen molar-refractivity contribution in [2.24, 2.45) is 0 Å². The van der Waals surface area contributed by atoms with Crippen molar-refractivity contribution in [3.05, 3.63) is 24.0 Å². The molecule has 1 unspecified atom stereocenters. The minimum Gasteiger partial charge on any atom is -0.384 e. The summed E-state index contributed by atoms with van der Waals surface area (Å²) in [5.74, 6) is 0.0349. The number of carbonyl (C=O) groups excluding carboxylic acids is 1. The molecule has 0 saturated carbocycles. The van der Waals surface area contributed by atoms with E-state index in [2.05, 4.69) is 36.1 Å². The third-order valence-electron chi connectivity index (χ3n) is 3.65. The Kier molecular flexibility index (Phi) is 4.95. The van der Waals surface area contributed by atoms with Crippen LogP contribution in [0.5, 0.6) is 0 Å². The van der Waals surface area contributed by atoms with Gasteiger partial charge in [-0.3, -0.25) is 4.79 Å². The van der Waals surface area contributed by atoms with Gasteiger partial charge in [0.25, 0.3) is 5.91 Å². The summed E-state index contributed by atoms with van der Waals surface area (Å²) in [6.07, 6.45) is 2.81. The first-order valence-electron chi connectivity index (χ1n) is 7.31. The summed E-state index contributed by atoms with van der Waals surface area (Å²) in [7, 11) is 2.09. The molecule has 5 heteroatoms. The Morgan fingerprint density at radius 3 is 2.85 bits per heavy atom. The van der Waals surface area contributed by atoms with Gasteiger partial charge in [0.1, 0.15) is 5.69 Å². The molecular formula is C15H24N4O. The van der Waals surface area contributed by atoms with Crippen LogP contribution >= 0.6 is 0 Å². The molecule has 1 saturated heterocycles. The zero-order valence-electron chi connectivity index (χ0n) is 12.6. The number of anilines is 1. The lowest BCUT2D eigenvalue weighted by atomic mass is 10.1. The summed E-state index contributed by atoms with van der Waals surface area (Å²) in [4.78, 5) is 20.9. The van der Waals surface area contributed by atoms with E-state index in [1.54, 1.807) is 6.20 Å². The lowest BCUT2D eigenvalue weighted by Gasteiger charge is -2.38. The van der Waals surface area contributed by atoms with Gasteiger partial charge in [-0.15, -0.1) is 0 Å². The summed E-state index contributed by atoms with van der Waals surface area (Å²) >= 11 is 0. The van der Waals surface area contributed by atoms with Gasteiger partial charge in [-0.1, -0.05) is 6.92 Å². The molecule has 1 aliphatic rings. The van der Waals surface area contributed by atoms with E-state index >= 15 is 0 Å². The van der Waals surface area contributed by atoms with Crippen molar-refractivity contribution in [3.63, 3.8) is 0 Å². The lowest BCUT2D eigenvalue weighted by molar-refractivity contribution is 0.0528. The average Bonchev–Trinajstić information content (AvgIpc) is 2.45. The van der Waals surface area contributed by atoms with Crippen LogP contribution in [0, 0.1) is 0 Å². The van der Waals surface area contributed by atoms with E-state index < -0.39 is 0 Å². The van der Waals surface area contributed by atoms with Crippen molar-refractivity contribution < 1.29 is 4.79 Å². The lowest BCUT2D eigenvalue weighted by Crippen LogP contribution is -2.52. The predicted octanol–water partition coefficient (Wildman–Crippen LogP) is 1.68. The zero-order chi connectivity index (χ0) is 14.5. The molecule has 110 valence electrons. The first-order chi connectivity index (χ1) is 9.61. The van der Waals surface area contributed by atoms with Gasteiger partial charge in [-0.05, 0) is 32.5 Å². The number of pyridine rings is 1. The molecule has 1 aliphatic heterocycles. The SMILES string of the molecule is CCCNc1ccc(C(=O)N2CCN(C)CC2C)nc1. The van der Waals surface area contributed by atoms with Crippen LogP contribution in [-0.4, -0.2) is 60.0 Å². The number of aromatic nitrogens is 1. The molecular weight excluding hydrogens is 252 g/mol. The van der Waals surface area contributed by atoms with E-state index in [0.29, 0.717) is 5.69 Å². The minimum atomic E-state index is 0.0349. The van der Waals surface area contributed by atoms with E-state index in [4.69, 9.17) is 0 Å². The largest absolute Gasteiger partial charge is 0.384 e. The van der Waals surface area contributed by atoms with Crippen molar-refractivity contribution in [2.45, 2.75) is 26.3 Å². The topological polar surface area (TPSA) is 48.5 Å². The molecule has 0 bridgehead atoms. The number of hydrogen-bond acceptors (Lipinski definition) is 4. The van der Waals surface area contributed by atoms with Gasteiger partial charge in [-0.25, -0.2) is 4.98 Å². The van der Waals surface area contributed by atoms with Gasteiger partial charge in [0.2, 0.25) is 0 Å². The Morgan fingerprint density at radius 1 is 1.45 bits per heavy atom. The molecule has 2 heterocycles. The predicted molar refractivity (Wildman–Crippen MR) is 81.0 cm³/mol. The Hall–Kier alpha value is -1.62. The van der Waals surface area contributed by atoms with Crippen LogP contribution in [0.2, 0.25) is 0 Å². The maximum Gasteiger partial charge on any atom is 0.272 e. The smallest absolute Gasteiger partial charge is 0.272 e. The number of carbonyl (C=O) groups is 1. The second-order valence-electron chi connectivity index (χ2n) is 5.47. The second kappa shape index (κ2) is 6.70. The Morgan fingerprint density at radius 2 is 2.25 bits per heavy atom. The van der Waals surface area contributed by atoms with Crippen LogP contribution in [0.25, 0.3) is 0 Å². The standard InChI is InChI=1S/C15H24N4O/c1-4-7-16-13-5-6-14(17-10-13)15(20)19-9-8-18(3)11-12(19)2/h5-6,10,12,16H,4,7-9,11H2,1-3H3. The Balaban J connectivity index is 2.01. The van der Waals surface area contributed by atoms with Crippen LogP contribution in [0.1, 0.15) is 30.8 Å². The molecule has 1 aromatic heterocycles. The molecule has 1 atom stereocenters. The summed E-state index contributed by atoms with van der Waals surface area (Å²) in [5.41, 5.74) is 1.50. The van der Waals surface area contributed by atoms with Gasteiger partial charge < -0.3 is 15.1 Å². The van der Waals surface area contributed by atoms with Crippen LogP contribution in [0.15, 0.2) is 18.3 Å². The number of rotatable bonds is 4. The van der Waals surface area contributed by atoms with Crippen molar-refractivity contribution in [2.75, 3.05) is 38.5 Å². The molecule has 1 aromatic rings. The molecule has 0 aliphatic carbocycles. The number of amides is 1. The molecule has 0 radical (unpaired) electrons. The minimum absolute atomic E-state index is 0.0349. The number of hydrogen-bond donors (Lipinski definition) is 1. The van der Waals surface area contributed by atoms with Crippen molar-refractivity contribution in [1.82, 2.24) is 14.8 Å². The van der Waals surface area contributed by atoms with E-state index in [9.17, 15) is 4.79 Å². The Labute approximate surface area is 121 Å². The summed E-state index contributed by atoms with van der Waals surface area (Å²) < 4.78 is 0. The fourth-order valence-electron chi connectivity index (χ4n) is 2.48. The zero-order valence-corrected chi connectivity index (χ0v) is 12.6. The molecule has 0 aromatic carbocycles. The normalized spacial score (nSPS) is 19.9. The quantitative estimate of drug-likeness (QED) is 0.909. The highest BCUT2D eigenvalue weighted by Crippen LogP contribution is 2.13. The van der Waals surface area contributed by atoms with E-state index in [0.717, 1.165) is 38.3 Å². The Bertz CT molecular complexity index is 446. The molecule has 5 nitrogen and oxygen atoms in total. The molecule has 1 N–H and O–H groups in total. The van der Waals surface area contributed by atoms with Crippen LogP contribution in [0.3, 0.4) is 0 Å². The number of nitrogens with zero attached hydrogens (tertiary/aromatic N) is 3. The highest BCUT2D eigenvalue weighted by atomic mass is 16.2. The highest BCUT2D eigenvalue weighted by Gasteiger charge is 2.27. The summed E-state index contributed by atoms with van der Waals surface area (Å²) in [6.45, 7) is 7.74. The molecule has 20 heavy (non-hydrogen) atoms. The van der Waals surface area contributed by atoms with Gasteiger partial charge >= 0.3 is 0 Å². The van der Waals surface area contributed by atoms with Crippen molar-refractivity contribution in [3.8, 4) is 0 Å². The number of nitrogens with one attached hydrogen (secondary N) is 1. The number of piperazine rings is 1. The summed E-state index contributed by atoms with van der Waals surface area (Å²) in [6, 6.07) is 3.98. The highest BCUT2D eigenvalue weighted by molar-refractivity contribution is 5.92. The van der Waals surface area contributed by atoms with Crippen molar-refractivity contribution >= 4 is 11.6 Å². The van der Waals surface area contributed by atoms with Crippen LogP contribution in [-0.2, 0) is 0 Å². The molecule has 0 spiro atoms. The first kappa shape index (κ1) is 14.8. The average molecular weight is 276 g/mol. The van der Waals surface area contributed by atoms with Gasteiger partial charge in [0, 0.05) is 32.2 Å². The van der Waals surface area contributed by atoms with Gasteiger partial charge in [-0.2, -0.15) is 0 Å². The third-order valence-corrected chi connectivity index (χ3v) is 3.65. The van der Waals surface area contributed by atoms with Crippen LogP contribution in [0.4, 0.5) is 5.69 Å².